The number of thioether (sulfide) groups is 1. The number of unbranched alkanes of at least 4 members (excludes halogenated alkanes) is 3. The molecule has 1 atom stereocenters. The van der Waals surface area contributed by atoms with Gasteiger partial charge >= 0.3 is 5.97 Å². The number of hydrogen-bond donors (Lipinski definition) is 1. The van der Waals surface area contributed by atoms with Gasteiger partial charge in [-0.15, -0.1) is 5.10 Å². The Bertz CT molecular complexity index is 1330. The Labute approximate surface area is 239 Å². The van der Waals surface area contributed by atoms with Crippen LogP contribution in [-0.2, 0) is 15.3 Å². The second-order valence-electron chi connectivity index (χ2n) is 9.15. The van der Waals surface area contributed by atoms with E-state index in [1.807, 2.05) is 49.4 Å². The number of methoxy groups -OCH3 is 1. The third kappa shape index (κ3) is 6.89. The number of nitrogens with one attached hydrogen (secondary N) is 1. The molecule has 2 aromatic carbocycles. The summed E-state index contributed by atoms with van der Waals surface area (Å²) in [4.78, 5) is 17.9. The van der Waals surface area contributed by atoms with Crippen molar-refractivity contribution in [3.63, 3.8) is 0 Å². The maximum absolute atomic E-state index is 13.1. The van der Waals surface area contributed by atoms with Gasteiger partial charge in [0.25, 0.3) is 0 Å². The van der Waals surface area contributed by atoms with Crippen LogP contribution < -0.4 is 14.8 Å². The van der Waals surface area contributed by atoms with Gasteiger partial charge in [0, 0.05) is 16.5 Å². The summed E-state index contributed by atoms with van der Waals surface area (Å²) >= 11 is 7.82. The molecule has 208 valence electrons. The topological polar surface area (TPSA) is 87.5 Å². The minimum atomic E-state index is -0.560. The lowest BCUT2D eigenvalue weighted by atomic mass is 9.95. The number of nitrogens with zero attached hydrogens (tertiary/aromatic N) is 3. The molecule has 0 amide bonds. The smallest absolute Gasteiger partial charge is 0.338 e. The van der Waals surface area contributed by atoms with E-state index in [0.29, 0.717) is 51.3 Å². The van der Waals surface area contributed by atoms with Crippen LogP contribution in [0.2, 0.25) is 5.02 Å². The number of fused-ring (bicyclic) bond motifs is 1. The molecule has 1 unspecified atom stereocenters. The van der Waals surface area contributed by atoms with Gasteiger partial charge in [0.1, 0.15) is 6.04 Å². The fourth-order valence-corrected chi connectivity index (χ4v) is 5.53. The zero-order chi connectivity index (χ0) is 27.8. The Morgan fingerprint density at radius 1 is 1.13 bits per heavy atom. The van der Waals surface area contributed by atoms with Crippen LogP contribution in [0, 0.1) is 0 Å². The molecule has 1 aromatic heterocycles. The predicted molar refractivity (Wildman–Crippen MR) is 155 cm³/mol. The lowest BCUT2D eigenvalue weighted by Gasteiger charge is -2.28. The monoisotopic (exact) mass is 570 g/mol. The number of anilines is 1. The number of allylic oxidation sites excluding steroid dienone is 1. The quantitative estimate of drug-likeness (QED) is 0.133. The predicted octanol–water partition coefficient (Wildman–Crippen LogP) is 7.04. The molecule has 3 aromatic rings. The highest BCUT2D eigenvalue weighted by Gasteiger charge is 2.35. The number of carbonyl (C=O) groups excluding carboxylic acids is 1. The van der Waals surface area contributed by atoms with Gasteiger partial charge in [-0.1, -0.05) is 73.8 Å². The van der Waals surface area contributed by atoms with Crippen LogP contribution in [-0.4, -0.2) is 41.1 Å². The van der Waals surface area contributed by atoms with Crippen LogP contribution in [0.15, 0.2) is 58.9 Å². The van der Waals surface area contributed by atoms with Gasteiger partial charge in [0.2, 0.25) is 11.1 Å². The van der Waals surface area contributed by atoms with Gasteiger partial charge in [0.05, 0.1) is 25.9 Å². The molecule has 10 heteroatoms. The zero-order valence-electron chi connectivity index (χ0n) is 22.8. The van der Waals surface area contributed by atoms with Gasteiger partial charge < -0.3 is 19.5 Å². The molecule has 0 spiro atoms. The van der Waals surface area contributed by atoms with Crippen molar-refractivity contribution >= 4 is 35.3 Å². The van der Waals surface area contributed by atoms with E-state index in [2.05, 4.69) is 12.2 Å². The number of hydrogen-bond acceptors (Lipinski definition) is 8. The maximum atomic E-state index is 13.1. The largest absolute Gasteiger partial charge is 0.493 e. The van der Waals surface area contributed by atoms with Crippen LogP contribution in [0.3, 0.4) is 0 Å². The van der Waals surface area contributed by atoms with Crippen molar-refractivity contribution in [2.45, 2.75) is 63.4 Å². The first-order valence-corrected chi connectivity index (χ1v) is 14.6. The van der Waals surface area contributed by atoms with E-state index < -0.39 is 12.0 Å². The lowest BCUT2D eigenvalue weighted by molar-refractivity contribution is -0.139. The molecule has 0 radical (unpaired) electrons. The third-order valence-electron chi connectivity index (χ3n) is 6.40. The minimum absolute atomic E-state index is 0.264. The van der Waals surface area contributed by atoms with E-state index in [0.717, 1.165) is 24.0 Å². The highest BCUT2D eigenvalue weighted by molar-refractivity contribution is 7.98. The number of esters is 1. The first kappa shape index (κ1) is 28.8. The summed E-state index contributed by atoms with van der Waals surface area (Å²) in [6.07, 6.45) is 4.48. The number of halogens is 1. The molecule has 0 saturated heterocycles. The molecule has 0 bridgehead atoms. The molecule has 4 rings (SSSR count). The van der Waals surface area contributed by atoms with E-state index in [4.69, 9.17) is 35.9 Å². The summed E-state index contributed by atoms with van der Waals surface area (Å²) in [5, 5.41) is 9.29. The summed E-state index contributed by atoms with van der Waals surface area (Å²) < 4.78 is 18.9. The van der Waals surface area contributed by atoms with Crippen molar-refractivity contribution in [1.82, 2.24) is 14.8 Å². The fourth-order valence-electron chi connectivity index (χ4n) is 4.42. The number of rotatable bonds is 13. The molecule has 8 nitrogen and oxygen atoms in total. The SMILES string of the molecule is CCCCCCOc1ccc(C2C(C(=O)OCC)=C(C)Nc3nc(SCc4ccccc4Cl)nn32)cc1OC. The van der Waals surface area contributed by atoms with E-state index in [-0.39, 0.29) is 6.61 Å². The average Bonchev–Trinajstić information content (AvgIpc) is 3.34. The first-order valence-electron chi connectivity index (χ1n) is 13.2. The number of benzene rings is 2. The number of carbonyl (C=O) groups is 1. The second kappa shape index (κ2) is 13.8. The molecular weight excluding hydrogens is 536 g/mol. The van der Waals surface area contributed by atoms with Crippen LogP contribution in [0.25, 0.3) is 0 Å². The summed E-state index contributed by atoms with van der Waals surface area (Å²) in [5.74, 6) is 2.01. The third-order valence-corrected chi connectivity index (χ3v) is 7.66. The van der Waals surface area contributed by atoms with E-state index >= 15 is 0 Å². The summed E-state index contributed by atoms with van der Waals surface area (Å²) in [6, 6.07) is 12.9. The number of ether oxygens (including phenoxy) is 3. The van der Waals surface area contributed by atoms with Crippen LogP contribution >= 0.6 is 23.4 Å². The van der Waals surface area contributed by atoms with Crippen molar-refractivity contribution in [1.29, 1.82) is 0 Å². The molecule has 1 aliphatic rings. The van der Waals surface area contributed by atoms with Gasteiger partial charge in [-0.05, 0) is 49.6 Å². The van der Waals surface area contributed by atoms with Crippen LogP contribution in [0.1, 0.15) is 63.6 Å². The van der Waals surface area contributed by atoms with Crippen LogP contribution in [0.4, 0.5) is 5.95 Å². The Kier molecular flexibility index (Phi) is 10.2. The van der Waals surface area contributed by atoms with Crippen molar-refractivity contribution in [2.75, 3.05) is 25.6 Å². The summed E-state index contributed by atoms with van der Waals surface area (Å²) in [5.41, 5.74) is 2.93. The van der Waals surface area contributed by atoms with Crippen LogP contribution in [0.5, 0.6) is 11.5 Å². The average molecular weight is 571 g/mol. The molecule has 2 heterocycles. The molecule has 0 fully saturated rings. The van der Waals surface area contributed by atoms with Crippen molar-refractivity contribution in [3.8, 4) is 11.5 Å². The van der Waals surface area contributed by atoms with Gasteiger partial charge in [-0.2, -0.15) is 4.98 Å². The molecule has 39 heavy (non-hydrogen) atoms. The molecule has 1 N–H and O–H groups in total. The standard InChI is InChI=1S/C29H35ClN4O4S/c1-5-7-8-11-16-38-23-15-14-20(17-24(23)36-4)26-25(27(35)37-6-2)19(3)31-28-32-29(33-34(26)28)39-18-21-12-9-10-13-22(21)30/h9-10,12-15,17,26H,5-8,11,16,18H2,1-4H3,(H,31,32,33). The Balaban J connectivity index is 1.65. The summed E-state index contributed by atoms with van der Waals surface area (Å²) in [7, 11) is 1.61. The van der Waals surface area contributed by atoms with Gasteiger partial charge in [-0.3, -0.25) is 0 Å². The van der Waals surface area contributed by atoms with E-state index in [9.17, 15) is 4.79 Å². The highest BCUT2D eigenvalue weighted by atomic mass is 35.5. The minimum Gasteiger partial charge on any atom is -0.493 e. The molecule has 1 aliphatic heterocycles. The lowest BCUT2D eigenvalue weighted by Crippen LogP contribution is -2.29. The van der Waals surface area contributed by atoms with Crippen molar-refractivity contribution in [2.24, 2.45) is 0 Å². The molecule has 0 saturated carbocycles. The number of aromatic nitrogens is 3. The van der Waals surface area contributed by atoms with Gasteiger partial charge in [-0.25, -0.2) is 9.48 Å². The van der Waals surface area contributed by atoms with Crippen molar-refractivity contribution < 1.29 is 19.0 Å². The Morgan fingerprint density at radius 2 is 1.95 bits per heavy atom. The molecular formula is C29H35ClN4O4S. The summed E-state index contributed by atoms with van der Waals surface area (Å²) in [6.45, 7) is 6.71. The fraction of sp³-hybridized carbons (Fsp3) is 0.414. The Hall–Kier alpha value is -3.17. The maximum Gasteiger partial charge on any atom is 0.338 e. The van der Waals surface area contributed by atoms with E-state index in [1.165, 1.54) is 24.6 Å². The second-order valence-corrected chi connectivity index (χ2v) is 10.5. The highest BCUT2D eigenvalue weighted by Crippen LogP contribution is 2.40. The van der Waals surface area contributed by atoms with Gasteiger partial charge in [0.15, 0.2) is 11.5 Å². The first-order chi connectivity index (χ1) is 19.0. The normalized spacial score (nSPS) is 14.5. The van der Waals surface area contributed by atoms with E-state index in [1.54, 1.807) is 18.7 Å². The van der Waals surface area contributed by atoms with Crippen molar-refractivity contribution in [3.05, 3.63) is 69.9 Å². The zero-order valence-corrected chi connectivity index (χ0v) is 24.4. The Morgan fingerprint density at radius 3 is 2.69 bits per heavy atom. The molecule has 0 aliphatic carbocycles.